The number of halogens is 1. The summed E-state index contributed by atoms with van der Waals surface area (Å²) >= 11 is 0. The van der Waals surface area contributed by atoms with Gasteiger partial charge in [0.25, 0.3) is 0 Å². The highest BCUT2D eigenvalue weighted by atomic mass is 19.1. The molecule has 3 nitrogen and oxygen atoms in total. The van der Waals surface area contributed by atoms with Crippen LogP contribution in [0.5, 0.6) is 0 Å². The SMILES string of the molecule is CCOC(C(Cc1cc(F)ccc1C)NN)C(C)(C)C. The van der Waals surface area contributed by atoms with Gasteiger partial charge in [-0.3, -0.25) is 11.3 Å². The molecule has 2 atom stereocenters. The predicted octanol–water partition coefficient (Wildman–Crippen LogP) is 2.96. The normalized spacial score (nSPS) is 15.2. The van der Waals surface area contributed by atoms with E-state index in [2.05, 4.69) is 26.2 Å². The van der Waals surface area contributed by atoms with Crippen molar-refractivity contribution in [2.45, 2.75) is 53.2 Å². The Labute approximate surface area is 121 Å². The minimum atomic E-state index is -0.218. The second kappa shape index (κ2) is 7.16. The Kier molecular flexibility index (Phi) is 6.11. The smallest absolute Gasteiger partial charge is 0.123 e. The van der Waals surface area contributed by atoms with Gasteiger partial charge in [0.1, 0.15) is 5.82 Å². The third-order valence-electron chi connectivity index (χ3n) is 3.53. The van der Waals surface area contributed by atoms with Gasteiger partial charge in [0.15, 0.2) is 0 Å². The third-order valence-corrected chi connectivity index (χ3v) is 3.53. The number of nitrogens with two attached hydrogens (primary N) is 1. The number of ether oxygens (including phenoxy) is 1. The molecule has 0 heterocycles. The summed E-state index contributed by atoms with van der Waals surface area (Å²) in [6, 6.07) is 4.79. The molecule has 4 heteroatoms. The quantitative estimate of drug-likeness (QED) is 0.623. The number of rotatable bonds is 6. The molecule has 0 amide bonds. The van der Waals surface area contributed by atoms with Crippen molar-refractivity contribution in [2.75, 3.05) is 6.61 Å². The average Bonchev–Trinajstić information content (AvgIpc) is 2.36. The van der Waals surface area contributed by atoms with Crippen molar-refractivity contribution in [1.82, 2.24) is 5.43 Å². The predicted molar refractivity (Wildman–Crippen MR) is 80.8 cm³/mol. The first-order valence-corrected chi connectivity index (χ1v) is 7.12. The topological polar surface area (TPSA) is 47.3 Å². The van der Waals surface area contributed by atoms with E-state index >= 15 is 0 Å². The highest BCUT2D eigenvalue weighted by molar-refractivity contribution is 5.27. The minimum Gasteiger partial charge on any atom is -0.376 e. The first kappa shape index (κ1) is 17.1. The minimum absolute atomic E-state index is 0.0415. The van der Waals surface area contributed by atoms with Gasteiger partial charge in [0.05, 0.1) is 12.1 Å². The van der Waals surface area contributed by atoms with E-state index in [0.717, 1.165) is 11.1 Å². The summed E-state index contributed by atoms with van der Waals surface area (Å²) in [5.41, 5.74) is 4.82. The van der Waals surface area contributed by atoms with Crippen LogP contribution in [0, 0.1) is 18.2 Å². The van der Waals surface area contributed by atoms with Crippen LogP contribution in [0.2, 0.25) is 0 Å². The average molecular weight is 282 g/mol. The largest absolute Gasteiger partial charge is 0.376 e. The van der Waals surface area contributed by atoms with Crippen LogP contribution in [0.15, 0.2) is 18.2 Å². The van der Waals surface area contributed by atoms with Gasteiger partial charge in [-0.25, -0.2) is 4.39 Å². The zero-order chi connectivity index (χ0) is 15.3. The van der Waals surface area contributed by atoms with Gasteiger partial charge in [-0.2, -0.15) is 0 Å². The summed E-state index contributed by atoms with van der Waals surface area (Å²) in [4.78, 5) is 0. The first-order valence-electron chi connectivity index (χ1n) is 7.12. The van der Waals surface area contributed by atoms with Crippen molar-refractivity contribution in [3.8, 4) is 0 Å². The van der Waals surface area contributed by atoms with Crippen LogP contribution >= 0.6 is 0 Å². The van der Waals surface area contributed by atoms with E-state index in [-0.39, 0.29) is 23.4 Å². The fraction of sp³-hybridized carbons (Fsp3) is 0.625. The van der Waals surface area contributed by atoms with E-state index < -0.39 is 0 Å². The van der Waals surface area contributed by atoms with Crippen LogP contribution in [0.25, 0.3) is 0 Å². The fourth-order valence-corrected chi connectivity index (χ4v) is 2.50. The molecule has 0 saturated heterocycles. The summed E-state index contributed by atoms with van der Waals surface area (Å²) in [6.07, 6.45) is 0.599. The molecule has 0 fully saturated rings. The summed E-state index contributed by atoms with van der Waals surface area (Å²) in [5, 5.41) is 0. The number of benzene rings is 1. The fourth-order valence-electron chi connectivity index (χ4n) is 2.50. The van der Waals surface area contributed by atoms with Crippen LogP contribution in [0.3, 0.4) is 0 Å². The van der Waals surface area contributed by atoms with Gasteiger partial charge in [0, 0.05) is 6.61 Å². The Morgan fingerprint density at radius 1 is 1.35 bits per heavy atom. The summed E-state index contributed by atoms with van der Waals surface area (Å²) in [7, 11) is 0. The lowest BCUT2D eigenvalue weighted by Crippen LogP contribution is -2.52. The molecule has 0 aliphatic carbocycles. The van der Waals surface area contributed by atoms with Crippen molar-refractivity contribution < 1.29 is 9.13 Å². The molecule has 0 aliphatic heterocycles. The van der Waals surface area contributed by atoms with Crippen LogP contribution in [-0.4, -0.2) is 18.8 Å². The molecule has 114 valence electrons. The molecule has 0 aromatic heterocycles. The zero-order valence-corrected chi connectivity index (χ0v) is 13.2. The van der Waals surface area contributed by atoms with E-state index in [1.54, 1.807) is 12.1 Å². The van der Waals surface area contributed by atoms with Gasteiger partial charge in [-0.05, 0) is 48.9 Å². The maximum absolute atomic E-state index is 13.4. The highest BCUT2D eigenvalue weighted by Crippen LogP contribution is 2.27. The molecule has 0 saturated carbocycles. The second-order valence-electron chi connectivity index (χ2n) is 6.29. The van der Waals surface area contributed by atoms with Gasteiger partial charge in [0.2, 0.25) is 0 Å². The molecular weight excluding hydrogens is 255 g/mol. The van der Waals surface area contributed by atoms with E-state index in [9.17, 15) is 4.39 Å². The van der Waals surface area contributed by atoms with E-state index in [4.69, 9.17) is 10.6 Å². The lowest BCUT2D eigenvalue weighted by Gasteiger charge is -2.36. The van der Waals surface area contributed by atoms with Crippen LogP contribution < -0.4 is 11.3 Å². The molecule has 20 heavy (non-hydrogen) atoms. The number of aryl methyl sites for hydroxylation is 1. The monoisotopic (exact) mass is 282 g/mol. The Hall–Kier alpha value is -0.970. The molecule has 0 radical (unpaired) electrons. The summed E-state index contributed by atoms with van der Waals surface area (Å²) in [5.74, 6) is 5.50. The Bertz CT molecular complexity index is 429. The number of nitrogens with one attached hydrogen (secondary N) is 1. The molecule has 0 spiro atoms. The van der Waals surface area contributed by atoms with Crippen molar-refractivity contribution in [2.24, 2.45) is 11.3 Å². The lowest BCUT2D eigenvalue weighted by molar-refractivity contribution is -0.0356. The lowest BCUT2D eigenvalue weighted by atomic mass is 9.82. The second-order valence-corrected chi connectivity index (χ2v) is 6.29. The Balaban J connectivity index is 2.97. The maximum atomic E-state index is 13.4. The van der Waals surface area contributed by atoms with Crippen molar-refractivity contribution in [3.63, 3.8) is 0 Å². The van der Waals surface area contributed by atoms with E-state index in [1.807, 2.05) is 13.8 Å². The van der Waals surface area contributed by atoms with Gasteiger partial charge < -0.3 is 4.74 Å². The number of hydrogen-bond acceptors (Lipinski definition) is 3. The summed E-state index contributed by atoms with van der Waals surface area (Å²) in [6.45, 7) is 10.9. The van der Waals surface area contributed by atoms with Crippen molar-refractivity contribution >= 4 is 0 Å². The summed E-state index contributed by atoms with van der Waals surface area (Å²) < 4.78 is 19.3. The third kappa shape index (κ3) is 4.54. The molecule has 1 aromatic rings. The van der Waals surface area contributed by atoms with Gasteiger partial charge >= 0.3 is 0 Å². The zero-order valence-electron chi connectivity index (χ0n) is 13.2. The molecule has 0 bridgehead atoms. The van der Waals surface area contributed by atoms with Crippen LogP contribution in [0.1, 0.15) is 38.8 Å². The van der Waals surface area contributed by atoms with E-state index in [0.29, 0.717) is 13.0 Å². The number of hydrazine groups is 1. The molecule has 1 rings (SSSR count). The standard InChI is InChI=1S/C16H27FN2O/c1-6-20-15(16(3,4)5)14(19-18)10-12-9-13(17)8-7-11(12)2/h7-9,14-15,19H,6,10,18H2,1-5H3. The molecular formula is C16H27FN2O. The first-order chi connectivity index (χ1) is 9.29. The van der Waals surface area contributed by atoms with Gasteiger partial charge in [-0.15, -0.1) is 0 Å². The molecule has 3 N–H and O–H groups in total. The highest BCUT2D eigenvalue weighted by Gasteiger charge is 2.32. The van der Waals surface area contributed by atoms with Gasteiger partial charge in [-0.1, -0.05) is 26.8 Å². The van der Waals surface area contributed by atoms with E-state index in [1.165, 1.54) is 6.07 Å². The number of hydrogen-bond donors (Lipinski definition) is 2. The molecule has 0 aliphatic rings. The van der Waals surface area contributed by atoms with Crippen molar-refractivity contribution in [1.29, 1.82) is 0 Å². The molecule has 2 unspecified atom stereocenters. The molecule has 1 aromatic carbocycles. The maximum Gasteiger partial charge on any atom is 0.123 e. The Morgan fingerprint density at radius 3 is 2.50 bits per heavy atom. The van der Waals surface area contributed by atoms with Crippen LogP contribution in [0.4, 0.5) is 4.39 Å². The Morgan fingerprint density at radius 2 is 2.00 bits per heavy atom. The van der Waals surface area contributed by atoms with Crippen LogP contribution in [-0.2, 0) is 11.2 Å². The van der Waals surface area contributed by atoms with Crippen molar-refractivity contribution in [3.05, 3.63) is 35.1 Å².